The lowest BCUT2D eigenvalue weighted by Crippen LogP contribution is -2.41. The normalized spacial score (nSPS) is 19.0. The van der Waals surface area contributed by atoms with Gasteiger partial charge in [-0.2, -0.15) is 5.10 Å². The molecule has 1 aliphatic heterocycles. The van der Waals surface area contributed by atoms with E-state index in [4.69, 9.17) is 0 Å². The van der Waals surface area contributed by atoms with Gasteiger partial charge >= 0.3 is 0 Å². The molecule has 21 heavy (non-hydrogen) atoms. The minimum atomic E-state index is 0.544. The lowest BCUT2D eigenvalue weighted by Gasteiger charge is -2.35. The fourth-order valence-corrected chi connectivity index (χ4v) is 3.13. The largest absolute Gasteiger partial charge is 0.329 e. The van der Waals surface area contributed by atoms with Crippen molar-refractivity contribution in [2.75, 3.05) is 13.1 Å². The van der Waals surface area contributed by atoms with Crippen LogP contribution in [0.5, 0.6) is 0 Å². The third kappa shape index (κ3) is 3.18. The molecule has 0 aromatic carbocycles. The first kappa shape index (κ1) is 14.3. The molecule has 1 saturated heterocycles. The van der Waals surface area contributed by atoms with Crippen molar-refractivity contribution in [3.8, 4) is 11.3 Å². The van der Waals surface area contributed by atoms with Crippen LogP contribution in [0.1, 0.15) is 26.7 Å². The Morgan fingerprint density at radius 2 is 2.05 bits per heavy atom. The third-order valence-corrected chi connectivity index (χ3v) is 4.62. The zero-order chi connectivity index (χ0) is 14.8. The minimum absolute atomic E-state index is 0.544. The van der Waals surface area contributed by atoms with E-state index in [0.717, 1.165) is 23.7 Å². The Kier molecular flexibility index (Phi) is 4.10. The fraction of sp³-hybridized carbons (Fsp3) is 0.625. The van der Waals surface area contributed by atoms with Gasteiger partial charge in [-0.15, -0.1) is 0 Å². The number of imidazole rings is 1. The van der Waals surface area contributed by atoms with Gasteiger partial charge in [0.25, 0.3) is 0 Å². The van der Waals surface area contributed by atoms with E-state index in [1.807, 2.05) is 36.6 Å². The summed E-state index contributed by atoms with van der Waals surface area (Å²) >= 11 is 0. The quantitative estimate of drug-likeness (QED) is 0.867. The molecule has 3 heterocycles. The topological polar surface area (TPSA) is 38.9 Å². The number of likely N-dealkylation sites (tertiary alicyclic amines) is 1. The van der Waals surface area contributed by atoms with Gasteiger partial charge in [0.2, 0.25) is 0 Å². The molecule has 0 bridgehead atoms. The van der Waals surface area contributed by atoms with Gasteiger partial charge < -0.3 is 4.57 Å². The highest BCUT2D eigenvalue weighted by molar-refractivity contribution is 5.56. The summed E-state index contributed by atoms with van der Waals surface area (Å²) in [5.74, 6) is 0.882. The lowest BCUT2D eigenvalue weighted by atomic mass is 9.98. The van der Waals surface area contributed by atoms with Crippen molar-refractivity contribution >= 4 is 0 Å². The van der Waals surface area contributed by atoms with Gasteiger partial charge in [-0.25, -0.2) is 4.98 Å². The Labute approximate surface area is 126 Å². The van der Waals surface area contributed by atoms with Crippen LogP contribution in [-0.4, -0.2) is 43.4 Å². The third-order valence-electron chi connectivity index (χ3n) is 4.62. The van der Waals surface area contributed by atoms with E-state index < -0.39 is 0 Å². The summed E-state index contributed by atoms with van der Waals surface area (Å²) in [5.41, 5.74) is 2.29. The second-order valence-corrected chi connectivity index (χ2v) is 6.40. The zero-order valence-electron chi connectivity index (χ0n) is 13.2. The maximum absolute atomic E-state index is 4.33. The Bertz CT molecular complexity index is 577. The van der Waals surface area contributed by atoms with Crippen molar-refractivity contribution in [3.63, 3.8) is 0 Å². The number of aromatic nitrogens is 4. The summed E-state index contributed by atoms with van der Waals surface area (Å²) in [5, 5.41) is 4.26. The van der Waals surface area contributed by atoms with Crippen LogP contribution >= 0.6 is 0 Å². The first-order chi connectivity index (χ1) is 10.1. The highest BCUT2D eigenvalue weighted by Gasteiger charge is 2.21. The SMILES string of the molecule is CC1CCN([C@@H](C)Cn2cncc2-c2cnn(C)c2)CC1. The average Bonchev–Trinajstić information content (AvgIpc) is 3.08. The molecule has 0 unspecified atom stereocenters. The van der Waals surface area contributed by atoms with E-state index in [1.54, 1.807) is 0 Å². The van der Waals surface area contributed by atoms with Crippen molar-refractivity contribution in [2.45, 2.75) is 39.3 Å². The molecule has 0 radical (unpaired) electrons. The lowest BCUT2D eigenvalue weighted by molar-refractivity contribution is 0.135. The van der Waals surface area contributed by atoms with Crippen LogP contribution in [-0.2, 0) is 13.6 Å². The van der Waals surface area contributed by atoms with E-state index in [-0.39, 0.29) is 0 Å². The van der Waals surface area contributed by atoms with Gasteiger partial charge in [0.15, 0.2) is 0 Å². The van der Waals surface area contributed by atoms with Gasteiger partial charge in [-0.1, -0.05) is 6.92 Å². The number of nitrogens with zero attached hydrogens (tertiary/aromatic N) is 5. The Morgan fingerprint density at radius 1 is 1.29 bits per heavy atom. The number of aryl methyl sites for hydroxylation is 1. The number of piperidine rings is 1. The molecular formula is C16H25N5. The molecule has 0 aliphatic carbocycles. The fourth-order valence-electron chi connectivity index (χ4n) is 3.13. The monoisotopic (exact) mass is 287 g/mol. The summed E-state index contributed by atoms with van der Waals surface area (Å²) in [6.07, 6.45) is 10.5. The highest BCUT2D eigenvalue weighted by Crippen LogP contribution is 2.21. The molecule has 0 spiro atoms. The van der Waals surface area contributed by atoms with Gasteiger partial charge in [0, 0.05) is 31.4 Å². The molecule has 1 fully saturated rings. The van der Waals surface area contributed by atoms with Gasteiger partial charge in [0.1, 0.15) is 0 Å². The predicted molar refractivity (Wildman–Crippen MR) is 83.9 cm³/mol. The Balaban J connectivity index is 1.69. The summed E-state index contributed by atoms with van der Waals surface area (Å²) < 4.78 is 4.09. The molecule has 3 rings (SSSR count). The van der Waals surface area contributed by atoms with Crippen LogP contribution in [0, 0.1) is 5.92 Å². The molecule has 2 aromatic rings. The van der Waals surface area contributed by atoms with Crippen molar-refractivity contribution in [2.24, 2.45) is 13.0 Å². The number of hydrogen-bond donors (Lipinski definition) is 0. The Morgan fingerprint density at radius 3 is 2.71 bits per heavy atom. The van der Waals surface area contributed by atoms with Gasteiger partial charge in [-0.3, -0.25) is 9.58 Å². The van der Waals surface area contributed by atoms with Crippen LogP contribution in [0.3, 0.4) is 0 Å². The van der Waals surface area contributed by atoms with Crippen molar-refractivity contribution < 1.29 is 0 Å². The first-order valence-corrected chi connectivity index (χ1v) is 7.86. The second kappa shape index (κ2) is 6.02. The van der Waals surface area contributed by atoms with E-state index in [9.17, 15) is 0 Å². The molecule has 114 valence electrons. The van der Waals surface area contributed by atoms with Crippen LogP contribution in [0.4, 0.5) is 0 Å². The smallest absolute Gasteiger partial charge is 0.0951 e. The van der Waals surface area contributed by atoms with Crippen molar-refractivity contribution in [3.05, 3.63) is 24.9 Å². The first-order valence-electron chi connectivity index (χ1n) is 7.86. The highest BCUT2D eigenvalue weighted by atomic mass is 15.2. The van der Waals surface area contributed by atoms with Gasteiger partial charge in [0.05, 0.1) is 24.4 Å². The van der Waals surface area contributed by atoms with E-state index >= 15 is 0 Å². The molecule has 0 saturated carbocycles. The summed E-state index contributed by atoms with van der Waals surface area (Å²) in [6.45, 7) is 8.11. The predicted octanol–water partition coefficient (Wildman–Crippen LogP) is 2.40. The molecular weight excluding hydrogens is 262 g/mol. The van der Waals surface area contributed by atoms with E-state index in [1.165, 1.54) is 25.9 Å². The Hall–Kier alpha value is -1.62. The molecule has 0 amide bonds. The summed E-state index contributed by atoms with van der Waals surface area (Å²) in [4.78, 5) is 6.93. The molecule has 1 atom stereocenters. The maximum Gasteiger partial charge on any atom is 0.0951 e. The van der Waals surface area contributed by atoms with Crippen molar-refractivity contribution in [1.82, 2.24) is 24.2 Å². The molecule has 0 N–H and O–H groups in total. The zero-order valence-corrected chi connectivity index (χ0v) is 13.2. The van der Waals surface area contributed by atoms with Crippen LogP contribution in [0.25, 0.3) is 11.3 Å². The van der Waals surface area contributed by atoms with Crippen LogP contribution in [0.2, 0.25) is 0 Å². The summed E-state index contributed by atoms with van der Waals surface area (Å²) in [6, 6.07) is 0.544. The minimum Gasteiger partial charge on any atom is -0.329 e. The van der Waals surface area contributed by atoms with Crippen LogP contribution in [0.15, 0.2) is 24.9 Å². The second-order valence-electron chi connectivity index (χ2n) is 6.40. The number of rotatable bonds is 4. The van der Waals surface area contributed by atoms with Gasteiger partial charge in [-0.05, 0) is 38.8 Å². The average molecular weight is 287 g/mol. The number of hydrogen-bond acceptors (Lipinski definition) is 3. The maximum atomic E-state index is 4.33. The molecule has 1 aliphatic rings. The molecule has 2 aromatic heterocycles. The van der Waals surface area contributed by atoms with Crippen LogP contribution < -0.4 is 0 Å². The molecule has 5 nitrogen and oxygen atoms in total. The molecule has 5 heteroatoms. The standard InChI is InChI=1S/C16H25N5/c1-13-4-6-20(7-5-13)14(2)10-21-12-17-9-16(21)15-8-18-19(3)11-15/h8-9,11-14H,4-7,10H2,1-3H3/t14-/m0/s1. The summed E-state index contributed by atoms with van der Waals surface area (Å²) in [7, 11) is 1.95. The van der Waals surface area contributed by atoms with Crippen molar-refractivity contribution in [1.29, 1.82) is 0 Å². The van der Waals surface area contributed by atoms with E-state index in [2.05, 4.69) is 33.4 Å². The van der Waals surface area contributed by atoms with E-state index in [0.29, 0.717) is 6.04 Å².